The van der Waals surface area contributed by atoms with E-state index in [4.69, 9.17) is 9.47 Å². The van der Waals surface area contributed by atoms with Gasteiger partial charge in [0, 0.05) is 10.5 Å². The van der Waals surface area contributed by atoms with Gasteiger partial charge >= 0.3 is 5.97 Å². The lowest BCUT2D eigenvalue weighted by atomic mass is 10.1. The van der Waals surface area contributed by atoms with E-state index in [2.05, 4.69) is 21.2 Å². The van der Waals surface area contributed by atoms with Gasteiger partial charge in [-0.05, 0) is 54.1 Å². The van der Waals surface area contributed by atoms with E-state index in [1.54, 1.807) is 36.4 Å². The number of non-ortho nitro benzene ring substituents is 1. The van der Waals surface area contributed by atoms with Crippen LogP contribution in [0.15, 0.2) is 76.8 Å². The number of nitriles is 1. The molecule has 0 saturated heterocycles. The first-order chi connectivity index (χ1) is 16.3. The maximum Gasteiger partial charge on any atom is 0.343 e. The van der Waals surface area contributed by atoms with Crippen LogP contribution in [0.5, 0.6) is 11.5 Å². The van der Waals surface area contributed by atoms with Crippen molar-refractivity contribution in [3.05, 3.63) is 98.0 Å². The van der Waals surface area contributed by atoms with Gasteiger partial charge in [-0.25, -0.2) is 4.79 Å². The number of halogens is 1. The molecule has 0 atom stereocenters. The predicted octanol–water partition coefficient (Wildman–Crippen LogP) is 5.13. The minimum Gasteiger partial charge on any atom is -0.494 e. The summed E-state index contributed by atoms with van der Waals surface area (Å²) in [5.41, 5.74) is 0.671. The molecule has 0 saturated carbocycles. The molecule has 0 unspecified atom stereocenters. The highest BCUT2D eigenvalue weighted by molar-refractivity contribution is 9.10. The van der Waals surface area contributed by atoms with Gasteiger partial charge in [-0.15, -0.1) is 0 Å². The third-order valence-corrected chi connectivity index (χ3v) is 5.02. The van der Waals surface area contributed by atoms with Crippen molar-refractivity contribution in [1.82, 2.24) is 0 Å². The summed E-state index contributed by atoms with van der Waals surface area (Å²) >= 11 is 3.30. The zero-order valence-corrected chi connectivity index (χ0v) is 19.2. The second-order valence-electron chi connectivity index (χ2n) is 6.73. The van der Waals surface area contributed by atoms with Gasteiger partial charge in [0.15, 0.2) is 0 Å². The Bertz CT molecular complexity index is 1310. The van der Waals surface area contributed by atoms with E-state index in [1.165, 1.54) is 43.5 Å². The number of carbonyl (C=O) groups excluding carboxylic acids is 2. The number of hydrogen-bond donors (Lipinski definition) is 1. The van der Waals surface area contributed by atoms with Crippen LogP contribution in [0.1, 0.15) is 15.9 Å². The number of methoxy groups -OCH3 is 1. The number of carbonyl (C=O) groups is 2. The van der Waals surface area contributed by atoms with Crippen LogP contribution in [0.3, 0.4) is 0 Å². The van der Waals surface area contributed by atoms with E-state index in [1.807, 2.05) is 6.07 Å². The van der Waals surface area contributed by atoms with Gasteiger partial charge in [-0.3, -0.25) is 14.9 Å². The number of hydrogen-bond acceptors (Lipinski definition) is 7. The largest absolute Gasteiger partial charge is 0.494 e. The minimum absolute atomic E-state index is 0.0804. The van der Waals surface area contributed by atoms with E-state index in [0.29, 0.717) is 16.9 Å². The summed E-state index contributed by atoms with van der Waals surface area (Å²) in [4.78, 5) is 35.1. The number of amides is 1. The van der Waals surface area contributed by atoms with Crippen molar-refractivity contribution in [1.29, 1.82) is 5.26 Å². The molecule has 3 aromatic carbocycles. The van der Waals surface area contributed by atoms with E-state index in [0.717, 1.165) is 4.47 Å². The Balaban J connectivity index is 1.72. The summed E-state index contributed by atoms with van der Waals surface area (Å²) < 4.78 is 11.2. The molecule has 34 heavy (non-hydrogen) atoms. The average molecular weight is 522 g/mol. The Kier molecular flexibility index (Phi) is 7.74. The van der Waals surface area contributed by atoms with Gasteiger partial charge in [0.1, 0.15) is 23.1 Å². The van der Waals surface area contributed by atoms with Crippen molar-refractivity contribution < 1.29 is 24.0 Å². The third kappa shape index (κ3) is 6.05. The van der Waals surface area contributed by atoms with Gasteiger partial charge < -0.3 is 14.8 Å². The van der Waals surface area contributed by atoms with E-state index in [9.17, 15) is 25.0 Å². The summed E-state index contributed by atoms with van der Waals surface area (Å²) in [6, 6.07) is 18.5. The summed E-state index contributed by atoms with van der Waals surface area (Å²) in [7, 11) is 1.31. The average Bonchev–Trinajstić information content (AvgIpc) is 2.83. The highest BCUT2D eigenvalue weighted by atomic mass is 79.9. The van der Waals surface area contributed by atoms with Crippen LogP contribution in [0.4, 0.5) is 11.4 Å². The minimum atomic E-state index is -0.722. The summed E-state index contributed by atoms with van der Waals surface area (Å²) in [5, 5.41) is 22.8. The number of nitro groups is 1. The SMILES string of the molecule is COc1cc([N+](=O)[O-])ccc1NC(=O)/C(C#N)=C/c1ccc(OC(=O)c2ccc(Br)cc2)cc1. The quantitative estimate of drug-likeness (QED) is 0.114. The van der Waals surface area contributed by atoms with Crippen LogP contribution in [-0.2, 0) is 4.79 Å². The van der Waals surface area contributed by atoms with E-state index < -0.39 is 16.8 Å². The molecule has 0 aliphatic carbocycles. The van der Waals surface area contributed by atoms with Crippen LogP contribution >= 0.6 is 15.9 Å². The van der Waals surface area contributed by atoms with Crippen molar-refractivity contribution in [3.8, 4) is 17.6 Å². The molecule has 0 radical (unpaired) electrons. The lowest BCUT2D eigenvalue weighted by Gasteiger charge is -2.09. The fourth-order valence-corrected chi connectivity index (χ4v) is 3.05. The van der Waals surface area contributed by atoms with Crippen LogP contribution in [0, 0.1) is 21.4 Å². The Morgan fingerprint density at radius 2 is 1.76 bits per heavy atom. The number of rotatable bonds is 7. The standard InChI is InChI=1S/C24H16BrN3O6/c1-33-22-13-19(28(31)32)8-11-21(22)27-23(29)17(14-26)12-15-2-9-20(10-3-15)34-24(30)16-4-6-18(25)7-5-16/h2-13H,1H3,(H,27,29)/b17-12+. The number of nitrogens with zero attached hydrogens (tertiary/aromatic N) is 2. The van der Waals surface area contributed by atoms with Crippen LogP contribution < -0.4 is 14.8 Å². The van der Waals surface area contributed by atoms with Gasteiger partial charge in [-0.1, -0.05) is 28.1 Å². The number of esters is 1. The Morgan fingerprint density at radius 3 is 2.35 bits per heavy atom. The number of anilines is 1. The van der Waals surface area contributed by atoms with Gasteiger partial charge in [0.25, 0.3) is 11.6 Å². The molecule has 0 aliphatic heterocycles. The number of ether oxygens (including phenoxy) is 2. The second-order valence-corrected chi connectivity index (χ2v) is 7.65. The lowest BCUT2D eigenvalue weighted by Crippen LogP contribution is -2.14. The maximum absolute atomic E-state index is 12.6. The number of nitro benzene ring substituents is 1. The van der Waals surface area contributed by atoms with Crippen molar-refractivity contribution in [2.45, 2.75) is 0 Å². The summed E-state index contributed by atoms with van der Waals surface area (Å²) in [6.45, 7) is 0. The second kappa shape index (κ2) is 10.9. The van der Waals surface area contributed by atoms with Crippen LogP contribution in [-0.4, -0.2) is 23.9 Å². The highest BCUT2D eigenvalue weighted by Crippen LogP contribution is 2.29. The first-order valence-electron chi connectivity index (χ1n) is 9.64. The Labute approximate surface area is 202 Å². The van der Waals surface area contributed by atoms with Crippen molar-refractivity contribution in [2.75, 3.05) is 12.4 Å². The first kappa shape index (κ1) is 24.2. The van der Waals surface area contributed by atoms with Gasteiger partial charge in [-0.2, -0.15) is 5.26 Å². The molecule has 0 spiro atoms. The van der Waals surface area contributed by atoms with Gasteiger partial charge in [0.05, 0.1) is 29.4 Å². The molecule has 1 amide bonds. The van der Waals surface area contributed by atoms with Crippen molar-refractivity contribution >= 4 is 45.3 Å². The fourth-order valence-electron chi connectivity index (χ4n) is 2.79. The van der Waals surface area contributed by atoms with Crippen molar-refractivity contribution in [3.63, 3.8) is 0 Å². The molecule has 0 heterocycles. The smallest absolute Gasteiger partial charge is 0.343 e. The Morgan fingerprint density at radius 1 is 1.09 bits per heavy atom. The predicted molar refractivity (Wildman–Crippen MR) is 127 cm³/mol. The molecule has 10 heteroatoms. The molecular weight excluding hydrogens is 506 g/mol. The molecule has 3 rings (SSSR count). The molecule has 0 aliphatic rings. The normalized spacial score (nSPS) is 10.7. The summed E-state index contributed by atoms with van der Waals surface area (Å²) in [6.07, 6.45) is 1.35. The summed E-state index contributed by atoms with van der Waals surface area (Å²) in [5.74, 6) is -0.870. The molecule has 0 bridgehead atoms. The Hall–Kier alpha value is -4.49. The van der Waals surface area contributed by atoms with Crippen molar-refractivity contribution in [2.24, 2.45) is 0 Å². The molecule has 9 nitrogen and oxygen atoms in total. The molecule has 0 fully saturated rings. The van der Waals surface area contributed by atoms with Gasteiger partial charge in [0.2, 0.25) is 0 Å². The van der Waals surface area contributed by atoms with E-state index >= 15 is 0 Å². The molecule has 1 N–H and O–H groups in total. The first-order valence-corrected chi connectivity index (χ1v) is 10.4. The van der Waals surface area contributed by atoms with E-state index in [-0.39, 0.29) is 22.7 Å². The zero-order chi connectivity index (χ0) is 24.7. The maximum atomic E-state index is 12.6. The fraction of sp³-hybridized carbons (Fsp3) is 0.0417. The molecule has 170 valence electrons. The van der Waals surface area contributed by atoms with Crippen LogP contribution in [0.25, 0.3) is 6.08 Å². The topological polar surface area (TPSA) is 132 Å². The zero-order valence-electron chi connectivity index (χ0n) is 17.7. The molecular formula is C24H16BrN3O6. The molecule has 0 aromatic heterocycles. The third-order valence-electron chi connectivity index (χ3n) is 4.49. The molecule has 3 aromatic rings. The lowest BCUT2D eigenvalue weighted by molar-refractivity contribution is -0.384. The number of nitrogens with one attached hydrogen (secondary N) is 1. The number of benzene rings is 3. The van der Waals surface area contributed by atoms with Crippen LogP contribution in [0.2, 0.25) is 0 Å². The monoisotopic (exact) mass is 521 g/mol. The highest BCUT2D eigenvalue weighted by Gasteiger charge is 2.16.